The Morgan fingerprint density at radius 3 is 2.92 bits per heavy atom. The number of aliphatic hydroxyl groups excluding tert-OH is 1. The zero-order valence-electron chi connectivity index (χ0n) is 14.3. The van der Waals surface area contributed by atoms with Gasteiger partial charge in [0, 0.05) is 35.8 Å². The summed E-state index contributed by atoms with van der Waals surface area (Å²) in [7, 11) is 0. The number of rotatable bonds is 4. The number of nitrogens with one attached hydrogen (secondary N) is 1. The van der Waals surface area contributed by atoms with Crippen LogP contribution in [0.4, 0.5) is 0 Å². The lowest BCUT2D eigenvalue weighted by molar-refractivity contribution is 0.0347. The molecule has 3 rings (SSSR count). The summed E-state index contributed by atoms with van der Waals surface area (Å²) in [6, 6.07) is 6.52. The molecular weight excluding hydrogens is 342 g/mol. The molecule has 1 aromatic carbocycles. The fraction of sp³-hybridized carbons (Fsp3) is 0.444. The first-order valence-electron chi connectivity index (χ1n) is 8.32. The van der Waals surface area contributed by atoms with Gasteiger partial charge in [-0.05, 0) is 38.5 Å². The predicted molar refractivity (Wildman–Crippen MR) is 94.6 cm³/mol. The highest BCUT2D eigenvalue weighted by Gasteiger charge is 2.30. The van der Waals surface area contributed by atoms with Crippen molar-refractivity contribution in [1.82, 2.24) is 15.4 Å². The average molecular weight is 364 g/mol. The molecule has 0 bridgehead atoms. The summed E-state index contributed by atoms with van der Waals surface area (Å²) in [6.07, 6.45) is 0.0500. The lowest BCUT2D eigenvalue weighted by Crippen LogP contribution is -2.53. The fourth-order valence-electron chi connectivity index (χ4n) is 3.14. The number of likely N-dealkylation sites (tertiary alicyclic amines) is 1. The molecular formula is C18H22ClN3O3. The third-order valence-corrected chi connectivity index (χ3v) is 4.87. The molecule has 134 valence electrons. The van der Waals surface area contributed by atoms with Crippen LogP contribution in [0.3, 0.4) is 0 Å². The van der Waals surface area contributed by atoms with E-state index in [0.717, 1.165) is 23.6 Å². The van der Waals surface area contributed by atoms with Crippen molar-refractivity contribution in [3.05, 3.63) is 51.9 Å². The van der Waals surface area contributed by atoms with Gasteiger partial charge in [0.2, 0.25) is 0 Å². The molecule has 7 heteroatoms. The van der Waals surface area contributed by atoms with Gasteiger partial charge in [-0.25, -0.2) is 0 Å². The molecule has 1 amide bonds. The van der Waals surface area contributed by atoms with Crippen molar-refractivity contribution in [2.75, 3.05) is 13.1 Å². The number of nitrogens with zero attached hydrogens (tertiary/aromatic N) is 2. The lowest BCUT2D eigenvalue weighted by Gasteiger charge is -2.36. The summed E-state index contributed by atoms with van der Waals surface area (Å²) in [6.45, 7) is 5.77. The highest BCUT2D eigenvalue weighted by atomic mass is 35.5. The molecule has 0 unspecified atom stereocenters. The number of halogens is 1. The van der Waals surface area contributed by atoms with E-state index in [1.54, 1.807) is 24.3 Å². The topological polar surface area (TPSA) is 78.6 Å². The van der Waals surface area contributed by atoms with E-state index in [-0.39, 0.29) is 11.9 Å². The van der Waals surface area contributed by atoms with Crippen LogP contribution in [-0.2, 0) is 6.54 Å². The first-order valence-corrected chi connectivity index (χ1v) is 8.70. The van der Waals surface area contributed by atoms with Gasteiger partial charge < -0.3 is 14.9 Å². The Kier molecular flexibility index (Phi) is 5.42. The second-order valence-electron chi connectivity index (χ2n) is 6.48. The highest BCUT2D eigenvalue weighted by molar-refractivity contribution is 6.30. The summed E-state index contributed by atoms with van der Waals surface area (Å²) in [5.41, 5.74) is 2.44. The molecule has 25 heavy (non-hydrogen) atoms. The molecule has 1 fully saturated rings. The van der Waals surface area contributed by atoms with Crippen molar-refractivity contribution in [2.45, 2.75) is 39.0 Å². The van der Waals surface area contributed by atoms with E-state index in [4.69, 9.17) is 16.1 Å². The van der Waals surface area contributed by atoms with Crippen molar-refractivity contribution in [3.63, 3.8) is 0 Å². The van der Waals surface area contributed by atoms with E-state index in [0.29, 0.717) is 30.1 Å². The summed E-state index contributed by atoms with van der Waals surface area (Å²) >= 11 is 5.92. The van der Waals surface area contributed by atoms with Gasteiger partial charge in [-0.15, -0.1) is 0 Å². The third-order valence-electron chi connectivity index (χ3n) is 4.63. The van der Waals surface area contributed by atoms with E-state index >= 15 is 0 Å². The van der Waals surface area contributed by atoms with Crippen molar-refractivity contribution >= 4 is 17.5 Å². The Morgan fingerprint density at radius 2 is 2.28 bits per heavy atom. The number of carbonyl (C=O) groups is 1. The minimum atomic E-state index is -0.627. The van der Waals surface area contributed by atoms with Crippen LogP contribution >= 0.6 is 11.6 Å². The zero-order chi connectivity index (χ0) is 18.0. The molecule has 1 saturated heterocycles. The largest absolute Gasteiger partial charge is 0.390 e. The monoisotopic (exact) mass is 363 g/mol. The molecule has 2 N–H and O–H groups in total. The molecule has 2 aromatic rings. The number of piperidine rings is 1. The summed E-state index contributed by atoms with van der Waals surface area (Å²) in [5, 5.41) is 17.8. The smallest absolute Gasteiger partial charge is 0.251 e. The van der Waals surface area contributed by atoms with Crippen LogP contribution in [0.5, 0.6) is 0 Å². The maximum atomic E-state index is 12.3. The Morgan fingerprint density at radius 1 is 1.48 bits per heavy atom. The molecule has 6 nitrogen and oxygen atoms in total. The standard InChI is InChI=1S/C18H22ClN3O3/c1-11-15(12(2)25-21-11)9-22-7-6-16(17(23)10-22)20-18(24)13-4-3-5-14(19)8-13/h3-5,8,16-17,23H,6-7,9-10H2,1-2H3,(H,20,24)/t16-,17-/m0/s1. The number of amides is 1. The van der Waals surface area contributed by atoms with Gasteiger partial charge >= 0.3 is 0 Å². The van der Waals surface area contributed by atoms with Crippen LogP contribution in [-0.4, -0.2) is 46.3 Å². The van der Waals surface area contributed by atoms with E-state index < -0.39 is 6.10 Å². The van der Waals surface area contributed by atoms with Crippen LogP contribution in [0.15, 0.2) is 28.8 Å². The zero-order valence-corrected chi connectivity index (χ0v) is 15.1. The summed E-state index contributed by atoms with van der Waals surface area (Å²) in [4.78, 5) is 14.5. The van der Waals surface area contributed by atoms with E-state index in [1.165, 1.54) is 0 Å². The van der Waals surface area contributed by atoms with Gasteiger partial charge in [-0.2, -0.15) is 0 Å². The SMILES string of the molecule is Cc1noc(C)c1CN1CC[C@H](NC(=O)c2cccc(Cl)c2)[C@@H](O)C1. The van der Waals surface area contributed by atoms with Crippen LogP contribution < -0.4 is 5.32 Å². The summed E-state index contributed by atoms with van der Waals surface area (Å²) in [5.74, 6) is 0.592. The summed E-state index contributed by atoms with van der Waals surface area (Å²) < 4.78 is 5.19. The maximum Gasteiger partial charge on any atom is 0.251 e. The molecule has 1 aromatic heterocycles. The number of β-amino-alcohol motifs (C(OH)–C–C–N with tert-alkyl or cyclic N) is 1. The first-order chi connectivity index (χ1) is 11.9. The van der Waals surface area contributed by atoms with Gasteiger partial charge in [0.15, 0.2) is 0 Å². The molecule has 2 heterocycles. The van der Waals surface area contributed by atoms with Gasteiger partial charge in [0.25, 0.3) is 5.91 Å². The van der Waals surface area contributed by atoms with E-state index in [1.807, 2.05) is 13.8 Å². The van der Waals surface area contributed by atoms with E-state index in [2.05, 4.69) is 15.4 Å². The van der Waals surface area contributed by atoms with Crippen molar-refractivity contribution in [1.29, 1.82) is 0 Å². The minimum Gasteiger partial charge on any atom is -0.390 e. The van der Waals surface area contributed by atoms with Gasteiger partial charge in [0.1, 0.15) is 5.76 Å². The molecule has 0 radical (unpaired) electrons. The van der Waals surface area contributed by atoms with Gasteiger partial charge in [-0.1, -0.05) is 22.8 Å². The quantitative estimate of drug-likeness (QED) is 0.871. The van der Waals surface area contributed by atoms with Crippen LogP contribution in [0.1, 0.15) is 33.8 Å². The average Bonchev–Trinajstić information content (AvgIpc) is 2.89. The molecule has 0 spiro atoms. The second-order valence-corrected chi connectivity index (χ2v) is 6.92. The molecule has 2 atom stereocenters. The Balaban J connectivity index is 1.57. The number of aromatic nitrogens is 1. The first kappa shape index (κ1) is 17.9. The van der Waals surface area contributed by atoms with Crippen LogP contribution in [0.25, 0.3) is 0 Å². The normalized spacial score (nSPS) is 21.3. The van der Waals surface area contributed by atoms with Gasteiger partial charge in [-0.3, -0.25) is 9.69 Å². The number of hydrogen-bond donors (Lipinski definition) is 2. The van der Waals surface area contributed by atoms with Gasteiger partial charge in [0.05, 0.1) is 17.8 Å². The highest BCUT2D eigenvalue weighted by Crippen LogP contribution is 2.19. The number of hydrogen-bond acceptors (Lipinski definition) is 5. The van der Waals surface area contributed by atoms with E-state index in [9.17, 15) is 9.90 Å². The molecule has 1 aliphatic heterocycles. The Labute approximate surface area is 151 Å². The predicted octanol–water partition coefficient (Wildman–Crippen LogP) is 2.31. The number of aliphatic hydroxyl groups is 1. The minimum absolute atomic E-state index is 0.217. The van der Waals surface area contributed by atoms with Crippen LogP contribution in [0, 0.1) is 13.8 Å². The van der Waals surface area contributed by atoms with Crippen molar-refractivity contribution in [2.24, 2.45) is 0 Å². The van der Waals surface area contributed by atoms with Crippen molar-refractivity contribution in [3.8, 4) is 0 Å². The third kappa shape index (κ3) is 4.21. The molecule has 1 aliphatic rings. The molecule has 0 aliphatic carbocycles. The molecule has 0 saturated carbocycles. The lowest BCUT2D eigenvalue weighted by atomic mass is 10.0. The fourth-order valence-corrected chi connectivity index (χ4v) is 3.33. The second kappa shape index (κ2) is 7.56. The maximum absolute atomic E-state index is 12.3. The number of benzene rings is 1. The van der Waals surface area contributed by atoms with Crippen molar-refractivity contribution < 1.29 is 14.4 Å². The number of aryl methyl sites for hydroxylation is 2. The Bertz CT molecular complexity index is 742. The van der Waals surface area contributed by atoms with Crippen LogP contribution in [0.2, 0.25) is 5.02 Å². The number of carbonyl (C=O) groups excluding carboxylic acids is 1. The Hall–Kier alpha value is -1.89.